The number of carbonyl (C=O) groups excluding carboxylic acids is 1. The Bertz CT molecular complexity index is 1190. The Kier molecular flexibility index (Phi) is 9.20. The van der Waals surface area contributed by atoms with Crippen molar-refractivity contribution in [2.24, 2.45) is 0 Å². The van der Waals surface area contributed by atoms with Crippen LogP contribution in [0.5, 0.6) is 11.5 Å². The largest absolute Gasteiger partial charge is 0.493 e. The topological polar surface area (TPSA) is 38.8 Å². The van der Waals surface area contributed by atoms with E-state index in [4.69, 9.17) is 21.7 Å². The lowest BCUT2D eigenvalue weighted by atomic mass is 9.99. The highest BCUT2D eigenvalue weighted by molar-refractivity contribution is 8.26. The molecule has 1 fully saturated rings. The van der Waals surface area contributed by atoms with Gasteiger partial charge in [0, 0.05) is 6.42 Å². The molecule has 3 aromatic rings. The molecule has 3 aromatic carbocycles. The molecule has 0 saturated carbocycles. The monoisotopic (exact) mass is 517 g/mol. The molecule has 4 rings (SSSR count). The number of nitrogens with zero attached hydrogens (tertiary/aromatic N) is 1. The standard InChI is InChI=1S/C30H31NO3S2/c1-3-22(2)25-12-16-27(17-13-25)34-19-7-18-33-26-14-10-23(11-15-26)20-28-29(32)31(30(35)36-28)21-24-8-5-4-6-9-24/h4-6,8-17,20,22H,3,7,18-19,21H2,1-2H3/b28-20+/t22-/m0/s1. The third-order valence-corrected chi connectivity index (χ3v) is 7.50. The van der Waals surface area contributed by atoms with Crippen LogP contribution < -0.4 is 9.47 Å². The molecule has 0 aromatic heterocycles. The fourth-order valence-corrected chi connectivity index (χ4v) is 5.04. The molecular weight excluding hydrogens is 486 g/mol. The van der Waals surface area contributed by atoms with E-state index < -0.39 is 0 Å². The summed E-state index contributed by atoms with van der Waals surface area (Å²) >= 11 is 6.79. The number of amides is 1. The van der Waals surface area contributed by atoms with E-state index in [9.17, 15) is 4.79 Å². The molecule has 0 unspecified atom stereocenters. The van der Waals surface area contributed by atoms with E-state index in [2.05, 4.69) is 26.0 Å². The van der Waals surface area contributed by atoms with Crippen LogP contribution in [0.4, 0.5) is 0 Å². The molecule has 186 valence electrons. The highest BCUT2D eigenvalue weighted by Gasteiger charge is 2.31. The second-order valence-corrected chi connectivity index (χ2v) is 10.4. The molecule has 1 saturated heterocycles. The highest BCUT2D eigenvalue weighted by Crippen LogP contribution is 2.33. The lowest BCUT2D eigenvalue weighted by Crippen LogP contribution is -2.27. The van der Waals surface area contributed by atoms with E-state index >= 15 is 0 Å². The number of rotatable bonds is 11. The Balaban J connectivity index is 1.22. The highest BCUT2D eigenvalue weighted by atomic mass is 32.2. The average Bonchev–Trinajstić information content (AvgIpc) is 3.17. The smallest absolute Gasteiger partial charge is 0.266 e. The fraction of sp³-hybridized carbons (Fsp3) is 0.267. The number of hydrogen-bond donors (Lipinski definition) is 0. The molecule has 1 heterocycles. The molecule has 0 bridgehead atoms. The van der Waals surface area contributed by atoms with E-state index in [1.54, 1.807) is 4.90 Å². The first-order chi connectivity index (χ1) is 17.5. The van der Waals surface area contributed by atoms with Crippen molar-refractivity contribution < 1.29 is 14.3 Å². The van der Waals surface area contributed by atoms with Crippen molar-refractivity contribution in [1.29, 1.82) is 0 Å². The minimum atomic E-state index is -0.0521. The summed E-state index contributed by atoms with van der Waals surface area (Å²) in [5, 5.41) is 0. The van der Waals surface area contributed by atoms with Gasteiger partial charge in [0.05, 0.1) is 24.7 Å². The molecule has 4 nitrogen and oxygen atoms in total. The molecule has 1 atom stereocenters. The minimum Gasteiger partial charge on any atom is -0.493 e. The van der Waals surface area contributed by atoms with Gasteiger partial charge in [-0.2, -0.15) is 0 Å². The van der Waals surface area contributed by atoms with Crippen LogP contribution in [0.2, 0.25) is 0 Å². The SMILES string of the molecule is CC[C@H](C)c1ccc(OCCCOc2ccc(/C=C3/SC(=S)N(Cc4ccccc4)C3=O)cc2)cc1. The van der Waals surface area contributed by atoms with Gasteiger partial charge < -0.3 is 9.47 Å². The van der Waals surface area contributed by atoms with Gasteiger partial charge in [0.1, 0.15) is 15.8 Å². The number of thiocarbonyl (C=S) groups is 1. The van der Waals surface area contributed by atoms with Crippen LogP contribution in [-0.4, -0.2) is 28.3 Å². The van der Waals surface area contributed by atoms with E-state index in [1.807, 2.05) is 72.8 Å². The summed E-state index contributed by atoms with van der Waals surface area (Å²) in [6, 6.07) is 26.0. The summed E-state index contributed by atoms with van der Waals surface area (Å²) in [4.78, 5) is 15.2. The van der Waals surface area contributed by atoms with Crippen molar-refractivity contribution in [1.82, 2.24) is 4.90 Å². The van der Waals surface area contributed by atoms with Crippen molar-refractivity contribution in [2.75, 3.05) is 13.2 Å². The van der Waals surface area contributed by atoms with E-state index in [0.29, 0.717) is 34.9 Å². The van der Waals surface area contributed by atoms with Crippen LogP contribution in [0.15, 0.2) is 83.8 Å². The van der Waals surface area contributed by atoms with Gasteiger partial charge in [-0.05, 0) is 59.4 Å². The second-order valence-electron chi connectivity index (χ2n) is 8.75. The first kappa shape index (κ1) is 26.0. The number of thioether (sulfide) groups is 1. The first-order valence-corrected chi connectivity index (χ1v) is 13.5. The molecule has 6 heteroatoms. The number of hydrogen-bond acceptors (Lipinski definition) is 5. The minimum absolute atomic E-state index is 0.0521. The lowest BCUT2D eigenvalue weighted by Gasteiger charge is -2.14. The van der Waals surface area contributed by atoms with Crippen molar-refractivity contribution >= 4 is 40.3 Å². The summed E-state index contributed by atoms with van der Waals surface area (Å²) < 4.78 is 12.3. The van der Waals surface area contributed by atoms with E-state index in [0.717, 1.165) is 35.5 Å². The summed E-state index contributed by atoms with van der Waals surface area (Å²) in [7, 11) is 0. The van der Waals surface area contributed by atoms with Gasteiger partial charge >= 0.3 is 0 Å². The zero-order chi connectivity index (χ0) is 25.3. The van der Waals surface area contributed by atoms with Gasteiger partial charge in [-0.1, -0.05) is 92.4 Å². The quantitative estimate of drug-likeness (QED) is 0.150. The van der Waals surface area contributed by atoms with Crippen molar-refractivity contribution in [3.05, 3.63) is 100 Å². The Hall–Kier alpha value is -3.09. The zero-order valence-corrected chi connectivity index (χ0v) is 22.3. The zero-order valence-electron chi connectivity index (χ0n) is 20.7. The van der Waals surface area contributed by atoms with Gasteiger partial charge in [-0.3, -0.25) is 9.69 Å². The van der Waals surface area contributed by atoms with Crippen LogP contribution in [0.3, 0.4) is 0 Å². The molecule has 1 aliphatic rings. The second kappa shape index (κ2) is 12.7. The van der Waals surface area contributed by atoms with E-state index in [1.165, 1.54) is 17.3 Å². The van der Waals surface area contributed by atoms with E-state index in [-0.39, 0.29) is 5.91 Å². The third-order valence-electron chi connectivity index (χ3n) is 6.12. The molecule has 0 radical (unpaired) electrons. The van der Waals surface area contributed by atoms with Crippen LogP contribution in [0.25, 0.3) is 6.08 Å². The van der Waals surface area contributed by atoms with Gasteiger partial charge in [0.2, 0.25) is 0 Å². The lowest BCUT2D eigenvalue weighted by molar-refractivity contribution is -0.122. The van der Waals surface area contributed by atoms with Gasteiger partial charge in [-0.25, -0.2) is 0 Å². The molecule has 0 N–H and O–H groups in total. The summed E-state index contributed by atoms with van der Waals surface area (Å²) in [6.45, 7) is 6.10. The molecule has 1 amide bonds. The van der Waals surface area contributed by atoms with Crippen LogP contribution in [-0.2, 0) is 11.3 Å². The Morgan fingerprint density at radius 1 is 0.917 bits per heavy atom. The molecule has 0 aliphatic carbocycles. The van der Waals surface area contributed by atoms with Crippen LogP contribution >= 0.6 is 24.0 Å². The number of carbonyl (C=O) groups is 1. The third kappa shape index (κ3) is 6.99. The molecular formula is C30H31NO3S2. The number of ether oxygens (including phenoxy) is 2. The molecule has 1 aliphatic heterocycles. The van der Waals surface area contributed by atoms with Crippen LogP contribution in [0, 0.1) is 0 Å². The van der Waals surface area contributed by atoms with Crippen molar-refractivity contribution in [2.45, 2.75) is 39.2 Å². The normalized spacial score (nSPS) is 15.4. The summed E-state index contributed by atoms with van der Waals surface area (Å²) in [5.41, 5.74) is 3.34. The Morgan fingerprint density at radius 3 is 2.14 bits per heavy atom. The van der Waals surface area contributed by atoms with Gasteiger partial charge in [0.15, 0.2) is 0 Å². The summed E-state index contributed by atoms with van der Waals surface area (Å²) in [5.74, 6) is 2.20. The Labute approximate surface area is 223 Å². The average molecular weight is 518 g/mol. The number of benzene rings is 3. The van der Waals surface area contributed by atoms with Crippen LogP contribution in [0.1, 0.15) is 49.3 Å². The summed E-state index contributed by atoms with van der Waals surface area (Å²) in [6.07, 6.45) is 3.81. The van der Waals surface area contributed by atoms with Gasteiger partial charge in [-0.15, -0.1) is 0 Å². The fourth-order valence-electron chi connectivity index (χ4n) is 3.78. The predicted octanol–water partition coefficient (Wildman–Crippen LogP) is 7.45. The van der Waals surface area contributed by atoms with Crippen molar-refractivity contribution in [3.63, 3.8) is 0 Å². The molecule has 0 spiro atoms. The maximum Gasteiger partial charge on any atom is 0.266 e. The maximum atomic E-state index is 12.9. The van der Waals surface area contributed by atoms with Gasteiger partial charge in [0.25, 0.3) is 5.91 Å². The maximum absolute atomic E-state index is 12.9. The molecule has 36 heavy (non-hydrogen) atoms. The predicted molar refractivity (Wildman–Crippen MR) is 152 cm³/mol. The van der Waals surface area contributed by atoms with Crippen molar-refractivity contribution in [3.8, 4) is 11.5 Å². The first-order valence-electron chi connectivity index (χ1n) is 12.3. The Morgan fingerprint density at radius 2 is 1.53 bits per heavy atom.